The smallest absolute Gasteiger partial charge is 0.248 e. The van der Waals surface area contributed by atoms with Gasteiger partial charge in [-0.2, -0.15) is 0 Å². The second kappa shape index (κ2) is 5.99. The molecule has 0 saturated carbocycles. The van der Waals surface area contributed by atoms with Gasteiger partial charge >= 0.3 is 0 Å². The number of carbonyl (C=O) groups is 1. The molecule has 2 rings (SSSR count). The van der Waals surface area contributed by atoms with Crippen LogP contribution in [0.4, 0.5) is 10.8 Å². The fourth-order valence-corrected chi connectivity index (χ4v) is 2.22. The molecule has 1 atom stereocenters. The molecule has 0 aliphatic heterocycles. The third-order valence-electron chi connectivity index (χ3n) is 2.40. The Morgan fingerprint density at radius 3 is 2.74 bits per heavy atom. The predicted octanol–water partition coefficient (Wildman–Crippen LogP) is 2.94. The number of amides is 1. The number of aromatic nitrogens is 2. The fourth-order valence-electron chi connectivity index (χ4n) is 1.44. The van der Waals surface area contributed by atoms with Crippen LogP contribution in [0.25, 0.3) is 0 Å². The van der Waals surface area contributed by atoms with E-state index < -0.39 is 6.04 Å². The number of nitrogens with one attached hydrogen (secondary N) is 2. The number of hydrogen-bond acceptors (Lipinski definition) is 5. The van der Waals surface area contributed by atoms with Gasteiger partial charge in [-0.1, -0.05) is 35.1 Å². The fraction of sp³-hybridized carbons (Fsp3) is 0.250. The Hall–Kier alpha value is -1.66. The van der Waals surface area contributed by atoms with Gasteiger partial charge in [-0.25, -0.2) is 0 Å². The van der Waals surface area contributed by atoms with Crippen molar-refractivity contribution in [3.63, 3.8) is 0 Å². The zero-order valence-corrected chi connectivity index (χ0v) is 12.0. The molecule has 1 aromatic carbocycles. The number of para-hydroxylation sites is 1. The first kappa shape index (κ1) is 13.8. The molecule has 1 amide bonds. The summed E-state index contributed by atoms with van der Waals surface area (Å²) in [6.45, 7) is 3.59. The molecule has 0 saturated heterocycles. The van der Waals surface area contributed by atoms with E-state index in [2.05, 4.69) is 20.8 Å². The highest BCUT2D eigenvalue weighted by molar-refractivity contribution is 7.15. The summed E-state index contributed by atoms with van der Waals surface area (Å²) in [7, 11) is 0. The summed E-state index contributed by atoms with van der Waals surface area (Å²) in [5.41, 5.74) is 0.722. The van der Waals surface area contributed by atoms with E-state index in [4.69, 9.17) is 11.6 Å². The molecule has 100 valence electrons. The third-order valence-corrected chi connectivity index (χ3v) is 3.48. The maximum Gasteiger partial charge on any atom is 0.248 e. The minimum atomic E-state index is -0.427. The topological polar surface area (TPSA) is 66.9 Å². The molecule has 0 radical (unpaired) electrons. The number of hydrogen-bond donors (Lipinski definition) is 2. The molecule has 0 bridgehead atoms. The maximum absolute atomic E-state index is 12.0. The van der Waals surface area contributed by atoms with E-state index in [0.717, 1.165) is 10.7 Å². The van der Waals surface area contributed by atoms with Gasteiger partial charge in [0.2, 0.25) is 11.0 Å². The van der Waals surface area contributed by atoms with E-state index in [0.29, 0.717) is 10.2 Å². The average molecular weight is 297 g/mol. The van der Waals surface area contributed by atoms with Gasteiger partial charge in [0.15, 0.2) is 0 Å². The van der Waals surface area contributed by atoms with Crippen LogP contribution in [0.15, 0.2) is 24.3 Å². The Bertz CT molecular complexity index is 587. The molecule has 1 heterocycles. The highest BCUT2D eigenvalue weighted by Crippen LogP contribution is 2.21. The van der Waals surface area contributed by atoms with Gasteiger partial charge in [-0.3, -0.25) is 10.1 Å². The molecule has 0 spiro atoms. The molecule has 0 unspecified atom stereocenters. The van der Waals surface area contributed by atoms with Crippen LogP contribution in [0.2, 0.25) is 5.02 Å². The summed E-state index contributed by atoms with van der Waals surface area (Å²) in [6, 6.07) is 6.85. The van der Waals surface area contributed by atoms with Gasteiger partial charge in [0.25, 0.3) is 0 Å². The minimum Gasteiger partial charge on any atom is -0.373 e. The van der Waals surface area contributed by atoms with Gasteiger partial charge in [-0.15, -0.1) is 10.2 Å². The van der Waals surface area contributed by atoms with Crippen molar-refractivity contribution < 1.29 is 4.79 Å². The lowest BCUT2D eigenvalue weighted by molar-refractivity contribution is -0.116. The van der Waals surface area contributed by atoms with Crippen molar-refractivity contribution in [2.24, 2.45) is 0 Å². The summed E-state index contributed by atoms with van der Waals surface area (Å²) < 4.78 is 0. The van der Waals surface area contributed by atoms with Gasteiger partial charge in [0, 0.05) is 0 Å². The first-order valence-corrected chi connectivity index (χ1v) is 6.88. The molecule has 5 nitrogen and oxygen atoms in total. The van der Waals surface area contributed by atoms with Gasteiger partial charge in [0.05, 0.1) is 10.7 Å². The predicted molar refractivity (Wildman–Crippen MR) is 77.8 cm³/mol. The molecule has 7 heteroatoms. The lowest BCUT2D eigenvalue weighted by atomic mass is 10.2. The summed E-state index contributed by atoms with van der Waals surface area (Å²) in [6.07, 6.45) is 0. The monoisotopic (exact) mass is 296 g/mol. The second-order valence-corrected chi connectivity index (χ2v) is 5.55. The molecule has 0 aliphatic rings. The van der Waals surface area contributed by atoms with E-state index in [1.165, 1.54) is 11.3 Å². The Morgan fingerprint density at radius 1 is 1.37 bits per heavy atom. The van der Waals surface area contributed by atoms with E-state index in [1.54, 1.807) is 13.0 Å². The zero-order chi connectivity index (χ0) is 13.8. The molecule has 19 heavy (non-hydrogen) atoms. The Labute approximate surface area is 120 Å². The zero-order valence-electron chi connectivity index (χ0n) is 10.5. The SMILES string of the molecule is Cc1nnc(NC(=O)[C@@H](C)Nc2ccccc2Cl)s1. The second-order valence-electron chi connectivity index (χ2n) is 3.96. The number of nitrogens with zero attached hydrogens (tertiary/aromatic N) is 2. The van der Waals surface area contributed by atoms with E-state index in [9.17, 15) is 4.79 Å². The Morgan fingerprint density at radius 2 is 2.11 bits per heavy atom. The quantitative estimate of drug-likeness (QED) is 0.910. The molecular formula is C12H13ClN4OS. The third kappa shape index (κ3) is 3.65. The molecule has 0 fully saturated rings. The highest BCUT2D eigenvalue weighted by Gasteiger charge is 2.15. The highest BCUT2D eigenvalue weighted by atomic mass is 35.5. The first-order valence-electron chi connectivity index (χ1n) is 5.68. The summed E-state index contributed by atoms with van der Waals surface area (Å²) in [4.78, 5) is 12.0. The van der Waals surface area contributed by atoms with Gasteiger partial charge < -0.3 is 5.32 Å². The normalized spacial score (nSPS) is 11.9. The van der Waals surface area contributed by atoms with Crippen LogP contribution in [-0.2, 0) is 4.79 Å². The molecular weight excluding hydrogens is 284 g/mol. The van der Waals surface area contributed by atoms with Crippen LogP contribution in [0.1, 0.15) is 11.9 Å². The van der Waals surface area contributed by atoms with Gasteiger partial charge in [0.1, 0.15) is 11.0 Å². The van der Waals surface area contributed by atoms with Crippen molar-refractivity contribution in [3.05, 3.63) is 34.3 Å². The Balaban J connectivity index is 1.98. The van der Waals surface area contributed by atoms with E-state index in [1.807, 2.05) is 25.1 Å². The van der Waals surface area contributed by atoms with Crippen molar-refractivity contribution in [2.75, 3.05) is 10.6 Å². The summed E-state index contributed by atoms with van der Waals surface area (Å²) in [5, 5.41) is 15.3. The van der Waals surface area contributed by atoms with Crippen molar-refractivity contribution in [1.29, 1.82) is 0 Å². The summed E-state index contributed by atoms with van der Waals surface area (Å²) >= 11 is 7.36. The number of halogens is 1. The maximum atomic E-state index is 12.0. The molecule has 1 aromatic heterocycles. The first-order chi connectivity index (χ1) is 9.06. The molecule has 0 aliphatic carbocycles. The van der Waals surface area contributed by atoms with Crippen LogP contribution in [0.5, 0.6) is 0 Å². The van der Waals surface area contributed by atoms with Crippen LogP contribution in [-0.4, -0.2) is 22.1 Å². The number of benzene rings is 1. The van der Waals surface area contributed by atoms with Crippen molar-refractivity contribution >= 4 is 39.7 Å². The van der Waals surface area contributed by atoms with Crippen molar-refractivity contribution in [1.82, 2.24) is 10.2 Å². The van der Waals surface area contributed by atoms with Crippen LogP contribution in [0, 0.1) is 6.92 Å². The van der Waals surface area contributed by atoms with Crippen LogP contribution < -0.4 is 10.6 Å². The lowest BCUT2D eigenvalue weighted by Gasteiger charge is -2.14. The number of aryl methyl sites for hydroxylation is 1. The largest absolute Gasteiger partial charge is 0.373 e. The standard InChI is InChI=1S/C12H13ClN4OS/c1-7(14-10-6-4-3-5-9(10)13)11(18)15-12-17-16-8(2)19-12/h3-7,14H,1-2H3,(H,15,17,18)/t7-/m1/s1. The van der Waals surface area contributed by atoms with E-state index in [-0.39, 0.29) is 5.91 Å². The Kier molecular flexibility index (Phi) is 4.34. The van der Waals surface area contributed by atoms with Crippen molar-refractivity contribution in [2.45, 2.75) is 19.9 Å². The summed E-state index contributed by atoms with van der Waals surface area (Å²) in [5.74, 6) is -0.184. The molecule has 2 N–H and O–H groups in total. The van der Waals surface area contributed by atoms with Gasteiger partial charge in [-0.05, 0) is 26.0 Å². The molecule has 2 aromatic rings. The minimum absolute atomic E-state index is 0.184. The van der Waals surface area contributed by atoms with Crippen LogP contribution in [0.3, 0.4) is 0 Å². The van der Waals surface area contributed by atoms with Crippen molar-refractivity contribution in [3.8, 4) is 0 Å². The average Bonchev–Trinajstić information content (AvgIpc) is 2.77. The van der Waals surface area contributed by atoms with Crippen LogP contribution >= 0.6 is 22.9 Å². The van der Waals surface area contributed by atoms with E-state index >= 15 is 0 Å². The number of carbonyl (C=O) groups excluding carboxylic acids is 1. The lowest BCUT2D eigenvalue weighted by Crippen LogP contribution is -2.31. The number of rotatable bonds is 4. The number of anilines is 2.